The van der Waals surface area contributed by atoms with Gasteiger partial charge in [0.05, 0.1) is 29.9 Å². The second-order valence-corrected chi connectivity index (χ2v) is 8.47. The molecule has 1 aromatic carbocycles. The number of pyridine rings is 1. The van der Waals surface area contributed by atoms with E-state index in [1.807, 2.05) is 13.8 Å². The fourth-order valence-electron chi connectivity index (χ4n) is 3.17. The number of nitrogens with one attached hydrogen (secondary N) is 2. The lowest BCUT2D eigenvalue weighted by Crippen LogP contribution is -2.34. The van der Waals surface area contributed by atoms with Crippen molar-refractivity contribution in [2.45, 2.75) is 32.8 Å². The Morgan fingerprint density at radius 3 is 2.69 bits per heavy atom. The van der Waals surface area contributed by atoms with Gasteiger partial charge in [-0.3, -0.25) is 14.6 Å². The number of carbonyl (C=O) groups is 2. The third kappa shape index (κ3) is 6.71. The Hall–Kier alpha value is -3.63. The zero-order valence-corrected chi connectivity index (χ0v) is 20.3. The minimum Gasteiger partial charge on any atom is -0.460 e. The van der Waals surface area contributed by atoms with Gasteiger partial charge in [0.2, 0.25) is 0 Å². The summed E-state index contributed by atoms with van der Waals surface area (Å²) >= 11 is 6.04. The molecule has 35 heavy (non-hydrogen) atoms. The molecule has 0 unspecified atom stereocenters. The lowest BCUT2D eigenvalue weighted by atomic mass is 10.1. The Labute approximate surface area is 207 Å². The number of hydrogen-bond acceptors (Lipinski definition) is 8. The van der Waals surface area contributed by atoms with Gasteiger partial charge >= 0.3 is 5.97 Å². The number of nitrogens with two attached hydrogens (primary N) is 1. The summed E-state index contributed by atoms with van der Waals surface area (Å²) in [6.07, 6.45) is 3.98. The van der Waals surface area contributed by atoms with E-state index in [4.69, 9.17) is 22.1 Å². The third-order valence-electron chi connectivity index (χ3n) is 4.98. The highest BCUT2D eigenvalue weighted by Gasteiger charge is 2.18. The number of amides is 1. The van der Waals surface area contributed by atoms with Gasteiger partial charge < -0.3 is 21.1 Å². The number of benzene rings is 1. The van der Waals surface area contributed by atoms with E-state index >= 15 is 0 Å². The number of aromatic nitrogens is 3. The Bertz CT molecular complexity index is 1220. The molecule has 11 heteroatoms. The standard InChI is InChI=1S/C24H26ClFN6O3/c1-13(2)17-12-29-22(16-8-15(25)4-5-19(16)26)32-23(17)31-20-6-7-28-11-18(20)24(34)30-10-14(3)35-21(33)9-27/h4-8,11-14H,9-10,27H2,1-3H3,(H,30,34)(H,28,29,31,32)/t14-/m0/s1. The number of carbonyl (C=O) groups excluding carboxylic acids is 2. The monoisotopic (exact) mass is 500 g/mol. The number of halogens is 2. The molecule has 1 amide bonds. The first-order valence-corrected chi connectivity index (χ1v) is 11.3. The van der Waals surface area contributed by atoms with Crippen molar-refractivity contribution in [3.05, 3.63) is 64.8 Å². The summed E-state index contributed by atoms with van der Waals surface area (Å²) in [5.74, 6) is -0.911. The Kier molecular flexibility index (Phi) is 8.67. The predicted molar refractivity (Wildman–Crippen MR) is 131 cm³/mol. The average Bonchev–Trinajstić information content (AvgIpc) is 2.84. The van der Waals surface area contributed by atoms with E-state index in [1.54, 1.807) is 19.2 Å². The minimum atomic E-state index is -0.563. The topological polar surface area (TPSA) is 132 Å². The Morgan fingerprint density at radius 2 is 1.97 bits per heavy atom. The molecular weight excluding hydrogens is 475 g/mol. The van der Waals surface area contributed by atoms with E-state index in [-0.39, 0.29) is 36.0 Å². The lowest BCUT2D eigenvalue weighted by Gasteiger charge is -2.17. The molecule has 3 rings (SSSR count). The Balaban J connectivity index is 1.89. The van der Waals surface area contributed by atoms with Crippen LogP contribution in [0.5, 0.6) is 0 Å². The fourth-order valence-corrected chi connectivity index (χ4v) is 3.34. The number of ether oxygens (including phenoxy) is 1. The maximum Gasteiger partial charge on any atom is 0.320 e. The molecule has 184 valence electrons. The van der Waals surface area contributed by atoms with Gasteiger partial charge in [-0.05, 0) is 37.1 Å². The van der Waals surface area contributed by atoms with E-state index in [2.05, 4.69) is 25.6 Å². The molecule has 0 saturated carbocycles. The highest BCUT2D eigenvalue weighted by molar-refractivity contribution is 6.30. The molecule has 9 nitrogen and oxygen atoms in total. The summed E-state index contributed by atoms with van der Waals surface area (Å²) in [6.45, 7) is 5.42. The molecule has 1 atom stereocenters. The molecule has 0 aliphatic carbocycles. The van der Waals surface area contributed by atoms with Crippen LogP contribution >= 0.6 is 11.6 Å². The number of nitrogens with zero attached hydrogens (tertiary/aromatic N) is 3. The molecule has 0 fully saturated rings. The summed E-state index contributed by atoms with van der Waals surface area (Å²) in [4.78, 5) is 37.1. The predicted octanol–water partition coefficient (Wildman–Crippen LogP) is 3.82. The zero-order valence-electron chi connectivity index (χ0n) is 19.5. The van der Waals surface area contributed by atoms with E-state index in [0.29, 0.717) is 16.5 Å². The van der Waals surface area contributed by atoms with Crippen molar-refractivity contribution >= 4 is 35.0 Å². The van der Waals surface area contributed by atoms with Crippen molar-refractivity contribution in [2.75, 3.05) is 18.4 Å². The zero-order chi connectivity index (χ0) is 25.5. The van der Waals surface area contributed by atoms with Gasteiger partial charge in [-0.1, -0.05) is 25.4 Å². The molecule has 0 aliphatic rings. The first kappa shape index (κ1) is 26.0. The van der Waals surface area contributed by atoms with Crippen molar-refractivity contribution in [3.8, 4) is 11.4 Å². The lowest BCUT2D eigenvalue weighted by molar-refractivity contribution is -0.146. The SMILES string of the molecule is CC(C)c1cnc(-c2cc(Cl)ccc2F)nc1Nc1ccncc1C(=O)NC[C@H](C)OC(=O)CN. The molecule has 4 N–H and O–H groups in total. The summed E-state index contributed by atoms with van der Waals surface area (Å²) in [5, 5.41) is 6.23. The second-order valence-electron chi connectivity index (χ2n) is 8.04. The number of esters is 1. The normalized spacial score (nSPS) is 11.7. The van der Waals surface area contributed by atoms with Crippen molar-refractivity contribution in [2.24, 2.45) is 5.73 Å². The fraction of sp³-hybridized carbons (Fsp3) is 0.292. The Morgan fingerprint density at radius 1 is 1.20 bits per heavy atom. The maximum absolute atomic E-state index is 14.4. The number of rotatable bonds is 9. The van der Waals surface area contributed by atoms with Gasteiger partial charge in [0.25, 0.3) is 5.91 Å². The first-order chi connectivity index (χ1) is 16.7. The quantitative estimate of drug-likeness (QED) is 0.378. The maximum atomic E-state index is 14.4. The van der Waals surface area contributed by atoms with Crippen molar-refractivity contribution in [1.82, 2.24) is 20.3 Å². The van der Waals surface area contributed by atoms with Crippen molar-refractivity contribution in [3.63, 3.8) is 0 Å². The van der Waals surface area contributed by atoms with Gasteiger partial charge in [-0.15, -0.1) is 0 Å². The van der Waals surface area contributed by atoms with Crippen LogP contribution in [0.3, 0.4) is 0 Å². The smallest absolute Gasteiger partial charge is 0.320 e. The molecule has 0 saturated heterocycles. The first-order valence-electron chi connectivity index (χ1n) is 10.9. The van der Waals surface area contributed by atoms with Gasteiger partial charge in [0, 0.05) is 29.2 Å². The summed E-state index contributed by atoms with van der Waals surface area (Å²) in [5.41, 5.74) is 6.84. The van der Waals surface area contributed by atoms with E-state index in [0.717, 1.165) is 5.56 Å². The van der Waals surface area contributed by atoms with Gasteiger partial charge in [-0.2, -0.15) is 0 Å². The van der Waals surface area contributed by atoms with Crippen LogP contribution in [0.4, 0.5) is 15.9 Å². The number of hydrogen-bond donors (Lipinski definition) is 3. The van der Waals surface area contributed by atoms with Crippen molar-refractivity contribution < 1.29 is 18.7 Å². The van der Waals surface area contributed by atoms with E-state index in [9.17, 15) is 14.0 Å². The van der Waals surface area contributed by atoms with Crippen LogP contribution in [0.2, 0.25) is 5.02 Å². The van der Waals surface area contributed by atoms with Crippen LogP contribution in [-0.4, -0.2) is 46.0 Å². The van der Waals surface area contributed by atoms with Crippen LogP contribution in [0, 0.1) is 5.82 Å². The molecule has 0 spiro atoms. The van der Waals surface area contributed by atoms with Crippen LogP contribution in [0.15, 0.2) is 42.9 Å². The third-order valence-corrected chi connectivity index (χ3v) is 5.21. The van der Waals surface area contributed by atoms with Crippen molar-refractivity contribution in [1.29, 1.82) is 0 Å². The molecular formula is C24H26ClFN6O3. The molecule has 0 aliphatic heterocycles. The average molecular weight is 501 g/mol. The molecule has 0 bridgehead atoms. The summed E-state index contributed by atoms with van der Waals surface area (Å²) in [6, 6.07) is 5.77. The summed E-state index contributed by atoms with van der Waals surface area (Å²) in [7, 11) is 0. The molecule has 2 heterocycles. The largest absolute Gasteiger partial charge is 0.460 e. The van der Waals surface area contributed by atoms with Crippen LogP contribution in [-0.2, 0) is 9.53 Å². The molecule has 2 aromatic heterocycles. The van der Waals surface area contributed by atoms with E-state index in [1.165, 1.54) is 30.6 Å². The van der Waals surface area contributed by atoms with Crippen LogP contribution in [0.1, 0.15) is 42.6 Å². The second kappa shape index (κ2) is 11.7. The highest BCUT2D eigenvalue weighted by Crippen LogP contribution is 2.30. The minimum absolute atomic E-state index is 0.0351. The van der Waals surface area contributed by atoms with Gasteiger partial charge in [-0.25, -0.2) is 14.4 Å². The van der Waals surface area contributed by atoms with Crippen LogP contribution in [0.25, 0.3) is 11.4 Å². The van der Waals surface area contributed by atoms with Gasteiger partial charge in [0.15, 0.2) is 5.82 Å². The summed E-state index contributed by atoms with van der Waals surface area (Å²) < 4.78 is 19.5. The van der Waals surface area contributed by atoms with Crippen LogP contribution < -0.4 is 16.4 Å². The van der Waals surface area contributed by atoms with E-state index < -0.39 is 23.8 Å². The van der Waals surface area contributed by atoms with Gasteiger partial charge in [0.1, 0.15) is 17.7 Å². The molecule has 3 aromatic rings. The highest BCUT2D eigenvalue weighted by atomic mass is 35.5. The molecule has 0 radical (unpaired) electrons. The number of anilines is 2.